The molecule has 5 heteroatoms. The van der Waals surface area contributed by atoms with Crippen molar-refractivity contribution in [2.75, 3.05) is 26.0 Å². The van der Waals surface area contributed by atoms with E-state index in [9.17, 15) is 4.79 Å². The number of rotatable bonds is 5. The quantitative estimate of drug-likeness (QED) is 0.914. The zero-order valence-electron chi connectivity index (χ0n) is 12.6. The van der Waals surface area contributed by atoms with Crippen LogP contribution < -0.4 is 5.32 Å². The zero-order valence-corrected chi connectivity index (χ0v) is 12.6. The number of hydrogen-bond acceptors (Lipinski definition) is 4. The van der Waals surface area contributed by atoms with Gasteiger partial charge in [0.25, 0.3) is 5.91 Å². The molecule has 5 nitrogen and oxygen atoms in total. The minimum Gasteiger partial charge on any atom is -0.370 e. The Kier molecular flexibility index (Phi) is 4.87. The Morgan fingerprint density at radius 2 is 1.95 bits per heavy atom. The number of hydrogen-bond donors (Lipinski definition) is 1. The molecule has 2 aromatic rings. The molecule has 0 aromatic carbocycles. The lowest BCUT2D eigenvalue weighted by Gasteiger charge is -2.10. The van der Waals surface area contributed by atoms with Gasteiger partial charge in [-0.05, 0) is 37.1 Å². The largest absolute Gasteiger partial charge is 0.370 e. The second-order valence-electron chi connectivity index (χ2n) is 5.12. The van der Waals surface area contributed by atoms with Crippen LogP contribution in [0.1, 0.15) is 21.6 Å². The molecule has 0 fully saturated rings. The number of aryl methyl sites for hydroxylation is 1. The summed E-state index contributed by atoms with van der Waals surface area (Å²) in [5.74, 6) is 0.727. The Morgan fingerprint density at radius 3 is 2.52 bits per heavy atom. The van der Waals surface area contributed by atoms with E-state index < -0.39 is 0 Å². The summed E-state index contributed by atoms with van der Waals surface area (Å²) in [5, 5.41) is 3.24. The number of anilines is 1. The molecule has 0 bridgehead atoms. The lowest BCUT2D eigenvalue weighted by molar-refractivity contribution is 0.0827. The lowest BCUT2D eigenvalue weighted by atomic mass is 10.2. The minimum atomic E-state index is -0.0419. The Hall–Kier alpha value is -2.43. The van der Waals surface area contributed by atoms with Crippen molar-refractivity contribution in [3.8, 4) is 0 Å². The monoisotopic (exact) mass is 284 g/mol. The molecule has 0 unspecified atom stereocenters. The summed E-state index contributed by atoms with van der Waals surface area (Å²) in [6.07, 6.45) is 4.37. The van der Waals surface area contributed by atoms with Gasteiger partial charge in [0, 0.05) is 38.7 Å². The Morgan fingerprint density at radius 1 is 1.14 bits per heavy atom. The van der Waals surface area contributed by atoms with E-state index in [1.165, 1.54) is 10.5 Å². The molecule has 1 N–H and O–H groups in total. The summed E-state index contributed by atoms with van der Waals surface area (Å²) in [5.41, 5.74) is 2.80. The molecule has 0 spiro atoms. The van der Waals surface area contributed by atoms with Crippen molar-refractivity contribution >= 4 is 11.7 Å². The molecular formula is C16H20N4O. The van der Waals surface area contributed by atoms with Gasteiger partial charge in [-0.15, -0.1) is 0 Å². The first-order valence-electron chi connectivity index (χ1n) is 6.89. The van der Waals surface area contributed by atoms with Gasteiger partial charge in [-0.1, -0.05) is 6.07 Å². The average molecular weight is 284 g/mol. The fourth-order valence-corrected chi connectivity index (χ4v) is 1.86. The number of pyridine rings is 2. The predicted octanol–water partition coefficient (Wildman–Crippen LogP) is 2.14. The van der Waals surface area contributed by atoms with Crippen molar-refractivity contribution in [1.29, 1.82) is 0 Å². The molecule has 2 heterocycles. The van der Waals surface area contributed by atoms with Crippen molar-refractivity contribution < 1.29 is 4.79 Å². The van der Waals surface area contributed by atoms with E-state index in [1.54, 1.807) is 26.4 Å². The number of nitrogens with one attached hydrogen (secondary N) is 1. The zero-order chi connectivity index (χ0) is 15.2. The van der Waals surface area contributed by atoms with Gasteiger partial charge in [0.15, 0.2) is 0 Å². The van der Waals surface area contributed by atoms with Crippen LogP contribution in [0, 0.1) is 6.92 Å². The van der Waals surface area contributed by atoms with Gasteiger partial charge in [0.1, 0.15) is 5.82 Å². The van der Waals surface area contributed by atoms with E-state index in [-0.39, 0.29) is 5.91 Å². The highest BCUT2D eigenvalue weighted by molar-refractivity contribution is 5.93. The Labute approximate surface area is 125 Å². The third kappa shape index (κ3) is 4.27. The van der Waals surface area contributed by atoms with Crippen molar-refractivity contribution in [2.24, 2.45) is 0 Å². The van der Waals surface area contributed by atoms with Crippen LogP contribution in [0.15, 0.2) is 36.7 Å². The molecule has 0 saturated carbocycles. The first-order chi connectivity index (χ1) is 10.1. The van der Waals surface area contributed by atoms with Crippen LogP contribution in [-0.2, 0) is 6.42 Å². The number of nitrogens with zero attached hydrogens (tertiary/aromatic N) is 3. The topological polar surface area (TPSA) is 58.1 Å². The van der Waals surface area contributed by atoms with Crippen molar-refractivity contribution in [1.82, 2.24) is 14.9 Å². The number of carbonyl (C=O) groups is 1. The summed E-state index contributed by atoms with van der Waals surface area (Å²) in [4.78, 5) is 21.8. The fourth-order valence-electron chi connectivity index (χ4n) is 1.86. The van der Waals surface area contributed by atoms with Crippen LogP contribution in [0.5, 0.6) is 0 Å². The van der Waals surface area contributed by atoms with Crippen molar-refractivity contribution in [3.63, 3.8) is 0 Å². The SMILES string of the molecule is Cc1ccc(CCNc2ccc(C(=O)N(C)C)cn2)cn1. The summed E-state index contributed by atoms with van der Waals surface area (Å²) in [6.45, 7) is 2.75. The van der Waals surface area contributed by atoms with E-state index in [0.717, 1.165) is 24.5 Å². The van der Waals surface area contributed by atoms with E-state index in [4.69, 9.17) is 0 Å². The van der Waals surface area contributed by atoms with Gasteiger partial charge in [-0.25, -0.2) is 4.98 Å². The van der Waals surface area contributed by atoms with Gasteiger partial charge in [0.2, 0.25) is 0 Å². The van der Waals surface area contributed by atoms with Crippen LogP contribution in [0.3, 0.4) is 0 Å². The van der Waals surface area contributed by atoms with Gasteiger partial charge in [-0.3, -0.25) is 9.78 Å². The average Bonchev–Trinajstić information content (AvgIpc) is 2.49. The van der Waals surface area contributed by atoms with Crippen LogP contribution >= 0.6 is 0 Å². The number of amides is 1. The van der Waals surface area contributed by atoms with Crippen molar-refractivity contribution in [2.45, 2.75) is 13.3 Å². The molecule has 2 aromatic heterocycles. The number of aromatic nitrogens is 2. The molecule has 0 atom stereocenters. The summed E-state index contributed by atoms with van der Waals surface area (Å²) in [6, 6.07) is 7.70. The third-order valence-corrected chi connectivity index (χ3v) is 3.11. The fraction of sp³-hybridized carbons (Fsp3) is 0.312. The highest BCUT2D eigenvalue weighted by Crippen LogP contribution is 2.07. The molecule has 110 valence electrons. The molecule has 21 heavy (non-hydrogen) atoms. The molecule has 0 aliphatic heterocycles. The highest BCUT2D eigenvalue weighted by Gasteiger charge is 2.07. The first kappa shape index (κ1) is 15.0. The lowest BCUT2D eigenvalue weighted by Crippen LogP contribution is -2.21. The molecule has 1 amide bonds. The van der Waals surface area contributed by atoms with Gasteiger partial charge >= 0.3 is 0 Å². The Bertz CT molecular complexity index is 591. The van der Waals surface area contributed by atoms with Gasteiger partial charge < -0.3 is 10.2 Å². The molecular weight excluding hydrogens is 264 g/mol. The second-order valence-corrected chi connectivity index (χ2v) is 5.12. The Balaban J connectivity index is 1.86. The highest BCUT2D eigenvalue weighted by atomic mass is 16.2. The van der Waals surface area contributed by atoms with Crippen LogP contribution in [0.25, 0.3) is 0 Å². The maximum atomic E-state index is 11.7. The number of carbonyl (C=O) groups excluding carboxylic acids is 1. The van der Waals surface area contributed by atoms with Crippen LogP contribution in [-0.4, -0.2) is 41.4 Å². The molecule has 2 rings (SSSR count). The summed E-state index contributed by atoms with van der Waals surface area (Å²) in [7, 11) is 3.45. The van der Waals surface area contributed by atoms with E-state index >= 15 is 0 Å². The normalized spacial score (nSPS) is 10.2. The predicted molar refractivity (Wildman–Crippen MR) is 83.4 cm³/mol. The second kappa shape index (κ2) is 6.83. The van der Waals surface area contributed by atoms with E-state index in [0.29, 0.717) is 5.56 Å². The molecule has 0 aliphatic rings. The summed E-state index contributed by atoms with van der Waals surface area (Å²) < 4.78 is 0. The van der Waals surface area contributed by atoms with Crippen LogP contribution in [0.4, 0.5) is 5.82 Å². The van der Waals surface area contributed by atoms with Gasteiger partial charge in [0.05, 0.1) is 5.56 Å². The first-order valence-corrected chi connectivity index (χ1v) is 6.89. The third-order valence-electron chi connectivity index (χ3n) is 3.11. The van der Waals surface area contributed by atoms with Crippen molar-refractivity contribution in [3.05, 3.63) is 53.5 Å². The maximum Gasteiger partial charge on any atom is 0.254 e. The molecule has 0 aliphatic carbocycles. The maximum absolute atomic E-state index is 11.7. The van der Waals surface area contributed by atoms with Gasteiger partial charge in [-0.2, -0.15) is 0 Å². The molecule has 0 radical (unpaired) electrons. The van der Waals surface area contributed by atoms with E-state index in [1.807, 2.05) is 25.3 Å². The minimum absolute atomic E-state index is 0.0419. The smallest absolute Gasteiger partial charge is 0.254 e. The molecule has 0 saturated heterocycles. The van der Waals surface area contributed by atoms with Crippen LogP contribution in [0.2, 0.25) is 0 Å². The van der Waals surface area contributed by atoms with E-state index in [2.05, 4.69) is 21.4 Å². The standard InChI is InChI=1S/C16H20N4O/c1-12-4-5-13(10-18-12)8-9-17-15-7-6-14(11-19-15)16(21)20(2)3/h4-7,10-11H,8-9H2,1-3H3,(H,17,19). The summed E-state index contributed by atoms with van der Waals surface area (Å²) >= 11 is 0.